The van der Waals surface area contributed by atoms with Crippen LogP contribution in [0.15, 0.2) is 30.3 Å². The molecule has 3 amide bonds. The van der Waals surface area contributed by atoms with E-state index in [2.05, 4.69) is 10.6 Å². The van der Waals surface area contributed by atoms with E-state index in [4.69, 9.17) is 4.74 Å². The van der Waals surface area contributed by atoms with Gasteiger partial charge >= 0.3 is 6.09 Å². The lowest BCUT2D eigenvalue weighted by atomic mass is 10.1. The minimum absolute atomic E-state index is 0.114. The second-order valence-electron chi connectivity index (χ2n) is 5.88. The van der Waals surface area contributed by atoms with Crippen molar-refractivity contribution < 1.29 is 19.1 Å². The highest BCUT2D eigenvalue weighted by atomic mass is 16.5. The van der Waals surface area contributed by atoms with Gasteiger partial charge in [0.1, 0.15) is 18.7 Å². The Balaban J connectivity index is 1.52. The van der Waals surface area contributed by atoms with E-state index in [-0.39, 0.29) is 24.5 Å². The van der Waals surface area contributed by atoms with E-state index in [0.29, 0.717) is 13.0 Å². The Morgan fingerprint density at radius 1 is 1.35 bits per heavy atom. The van der Waals surface area contributed by atoms with Gasteiger partial charge in [-0.2, -0.15) is 0 Å². The molecule has 1 aromatic carbocycles. The summed E-state index contributed by atoms with van der Waals surface area (Å²) >= 11 is 0. The first-order chi connectivity index (χ1) is 11.0. The Kier molecular flexibility index (Phi) is 4.18. The van der Waals surface area contributed by atoms with E-state index >= 15 is 0 Å². The number of fused-ring (bicyclic) bond motifs is 1. The number of carbonyl (C=O) groups is 3. The number of nitrogens with zero attached hydrogens (tertiary/aromatic N) is 1. The number of benzene rings is 1. The highest BCUT2D eigenvalue weighted by Gasteiger charge is 2.45. The first-order valence-corrected chi connectivity index (χ1v) is 7.62. The Labute approximate surface area is 134 Å². The van der Waals surface area contributed by atoms with Crippen molar-refractivity contribution in [3.63, 3.8) is 0 Å². The molecule has 7 nitrogen and oxygen atoms in total. The van der Waals surface area contributed by atoms with E-state index in [9.17, 15) is 14.4 Å². The summed E-state index contributed by atoms with van der Waals surface area (Å²) in [6.45, 7) is 2.18. The maximum Gasteiger partial charge on any atom is 0.407 e. The minimum Gasteiger partial charge on any atom is -0.445 e. The van der Waals surface area contributed by atoms with Crippen molar-refractivity contribution in [2.75, 3.05) is 6.54 Å². The maximum atomic E-state index is 12.1. The maximum absolute atomic E-state index is 12.1. The van der Waals surface area contributed by atoms with Gasteiger partial charge in [0.25, 0.3) is 0 Å². The number of rotatable bonds is 3. The van der Waals surface area contributed by atoms with E-state index in [0.717, 1.165) is 5.56 Å². The summed E-state index contributed by atoms with van der Waals surface area (Å²) < 4.78 is 5.16. The summed E-state index contributed by atoms with van der Waals surface area (Å²) in [6.07, 6.45) is -0.135. The zero-order chi connectivity index (χ0) is 16.4. The Bertz CT molecular complexity index is 619. The molecule has 0 aromatic heterocycles. The number of hydrogen-bond donors (Lipinski definition) is 2. The van der Waals surface area contributed by atoms with Crippen LogP contribution in [0.5, 0.6) is 0 Å². The summed E-state index contributed by atoms with van der Waals surface area (Å²) in [5.74, 6) is -0.282. The average Bonchev–Trinajstić information content (AvgIpc) is 2.96. The van der Waals surface area contributed by atoms with E-state index in [1.807, 2.05) is 30.3 Å². The van der Waals surface area contributed by atoms with Gasteiger partial charge < -0.3 is 20.3 Å². The van der Waals surface area contributed by atoms with Crippen molar-refractivity contribution in [1.29, 1.82) is 0 Å². The first kappa shape index (κ1) is 15.3. The predicted molar refractivity (Wildman–Crippen MR) is 81.3 cm³/mol. The second kappa shape index (κ2) is 6.28. The molecule has 0 bridgehead atoms. The number of nitrogens with one attached hydrogen (secondary N) is 2. The van der Waals surface area contributed by atoms with Crippen molar-refractivity contribution in [3.8, 4) is 0 Å². The monoisotopic (exact) mass is 317 g/mol. The first-order valence-electron chi connectivity index (χ1n) is 7.62. The van der Waals surface area contributed by atoms with Gasteiger partial charge in [-0.05, 0) is 18.9 Å². The predicted octanol–water partition coefficient (Wildman–Crippen LogP) is 0.401. The van der Waals surface area contributed by atoms with Gasteiger partial charge in [0.2, 0.25) is 11.8 Å². The topological polar surface area (TPSA) is 87.7 Å². The zero-order valence-electron chi connectivity index (χ0n) is 12.8. The van der Waals surface area contributed by atoms with Gasteiger partial charge in [-0.15, -0.1) is 0 Å². The Morgan fingerprint density at radius 3 is 2.83 bits per heavy atom. The zero-order valence-corrected chi connectivity index (χ0v) is 12.8. The van der Waals surface area contributed by atoms with E-state index < -0.39 is 18.2 Å². The summed E-state index contributed by atoms with van der Waals surface area (Å²) in [5, 5.41) is 5.37. The van der Waals surface area contributed by atoms with Gasteiger partial charge in [-0.25, -0.2) is 4.79 Å². The van der Waals surface area contributed by atoms with Crippen molar-refractivity contribution in [2.45, 2.75) is 38.1 Å². The fraction of sp³-hybridized carbons (Fsp3) is 0.438. The molecule has 2 aliphatic heterocycles. The summed E-state index contributed by atoms with van der Waals surface area (Å²) in [7, 11) is 0. The standard InChI is InChI=1S/C16H19N3O4/c1-10-15(21)19-8-12(7-13(19)14(20)17-10)18-16(22)23-9-11-5-3-2-4-6-11/h2-6,10,12-13H,7-9H2,1H3,(H,17,20)(H,18,22)/t10-,12-,13-/m0/s1. The Hall–Kier alpha value is -2.57. The van der Waals surface area contributed by atoms with Crippen LogP contribution in [0.1, 0.15) is 18.9 Å². The molecule has 0 unspecified atom stereocenters. The highest BCUT2D eigenvalue weighted by Crippen LogP contribution is 2.22. The molecule has 0 radical (unpaired) electrons. The quantitative estimate of drug-likeness (QED) is 0.845. The van der Waals surface area contributed by atoms with Crippen LogP contribution in [-0.2, 0) is 20.9 Å². The number of carbonyl (C=O) groups excluding carboxylic acids is 3. The normalized spacial score (nSPS) is 26.5. The molecule has 1 aromatic rings. The molecule has 0 saturated carbocycles. The molecule has 2 fully saturated rings. The van der Waals surface area contributed by atoms with Crippen LogP contribution in [0.3, 0.4) is 0 Å². The number of alkyl carbamates (subject to hydrolysis) is 1. The molecule has 0 aliphatic carbocycles. The lowest BCUT2D eigenvalue weighted by Gasteiger charge is -2.32. The highest BCUT2D eigenvalue weighted by molar-refractivity contribution is 5.97. The van der Waals surface area contributed by atoms with Crippen LogP contribution in [0.2, 0.25) is 0 Å². The van der Waals surface area contributed by atoms with Crippen molar-refractivity contribution in [2.24, 2.45) is 0 Å². The molecule has 2 N–H and O–H groups in total. The number of ether oxygens (including phenoxy) is 1. The van der Waals surface area contributed by atoms with Gasteiger partial charge in [-0.3, -0.25) is 9.59 Å². The third kappa shape index (κ3) is 3.28. The van der Waals surface area contributed by atoms with Crippen LogP contribution < -0.4 is 10.6 Å². The molecule has 3 rings (SSSR count). The van der Waals surface area contributed by atoms with E-state index in [1.165, 1.54) is 4.90 Å². The molecule has 23 heavy (non-hydrogen) atoms. The van der Waals surface area contributed by atoms with Gasteiger partial charge in [0.05, 0.1) is 6.04 Å². The third-order valence-corrected chi connectivity index (χ3v) is 4.15. The van der Waals surface area contributed by atoms with Crippen molar-refractivity contribution in [1.82, 2.24) is 15.5 Å². The molecule has 122 valence electrons. The van der Waals surface area contributed by atoms with Crippen LogP contribution in [-0.4, -0.2) is 47.5 Å². The van der Waals surface area contributed by atoms with Gasteiger partial charge in [0, 0.05) is 6.54 Å². The summed E-state index contributed by atoms with van der Waals surface area (Å²) in [6, 6.07) is 8.08. The van der Waals surface area contributed by atoms with E-state index in [1.54, 1.807) is 6.92 Å². The van der Waals surface area contributed by atoms with Crippen LogP contribution >= 0.6 is 0 Å². The van der Waals surface area contributed by atoms with Crippen LogP contribution in [0.25, 0.3) is 0 Å². The molecule has 3 atom stereocenters. The lowest BCUT2D eigenvalue weighted by molar-refractivity contribution is -0.146. The Morgan fingerprint density at radius 2 is 2.09 bits per heavy atom. The molecule has 7 heteroatoms. The molecule has 2 saturated heterocycles. The van der Waals surface area contributed by atoms with Gasteiger partial charge in [-0.1, -0.05) is 30.3 Å². The number of hydrogen-bond acceptors (Lipinski definition) is 4. The molecule has 2 aliphatic rings. The molecular weight excluding hydrogens is 298 g/mol. The number of piperazine rings is 1. The second-order valence-corrected chi connectivity index (χ2v) is 5.88. The smallest absolute Gasteiger partial charge is 0.407 e. The fourth-order valence-electron chi connectivity index (χ4n) is 2.98. The minimum atomic E-state index is -0.542. The third-order valence-electron chi connectivity index (χ3n) is 4.15. The molecule has 0 spiro atoms. The van der Waals surface area contributed by atoms with Crippen LogP contribution in [0, 0.1) is 0 Å². The van der Waals surface area contributed by atoms with Crippen LogP contribution in [0.4, 0.5) is 4.79 Å². The number of amides is 3. The lowest BCUT2D eigenvalue weighted by Crippen LogP contribution is -2.60. The fourth-order valence-corrected chi connectivity index (χ4v) is 2.98. The van der Waals surface area contributed by atoms with Crippen molar-refractivity contribution >= 4 is 17.9 Å². The van der Waals surface area contributed by atoms with Crippen molar-refractivity contribution in [3.05, 3.63) is 35.9 Å². The summed E-state index contributed by atoms with van der Waals surface area (Å²) in [4.78, 5) is 37.4. The summed E-state index contributed by atoms with van der Waals surface area (Å²) in [5.41, 5.74) is 0.898. The molecule has 2 heterocycles. The van der Waals surface area contributed by atoms with Gasteiger partial charge in [0.15, 0.2) is 0 Å². The SMILES string of the molecule is C[C@@H]1NC(=O)[C@@H]2C[C@H](NC(=O)OCc3ccccc3)CN2C1=O. The average molecular weight is 317 g/mol. The molecular formula is C16H19N3O4. The largest absolute Gasteiger partial charge is 0.445 e.